The molecule has 0 radical (unpaired) electrons. The average molecular weight is 436 g/mol. The number of anilines is 1. The van der Waals surface area contributed by atoms with Crippen molar-refractivity contribution < 1.29 is 17.9 Å². The zero-order valence-electron chi connectivity index (χ0n) is 16.9. The third-order valence-corrected chi connectivity index (χ3v) is 6.65. The Morgan fingerprint density at radius 2 is 1.81 bits per heavy atom. The molecule has 0 fully saturated rings. The summed E-state index contributed by atoms with van der Waals surface area (Å²) >= 11 is 0. The fourth-order valence-electron chi connectivity index (χ4n) is 3.28. The van der Waals surface area contributed by atoms with Crippen LogP contribution in [0.2, 0.25) is 0 Å². The van der Waals surface area contributed by atoms with E-state index < -0.39 is 16.0 Å². The van der Waals surface area contributed by atoms with E-state index in [2.05, 4.69) is 4.98 Å². The summed E-state index contributed by atoms with van der Waals surface area (Å²) in [7, 11) is -3.83. The van der Waals surface area contributed by atoms with E-state index in [0.717, 1.165) is 5.65 Å². The van der Waals surface area contributed by atoms with Crippen LogP contribution in [0.15, 0.2) is 90.1 Å². The maximum Gasteiger partial charge on any atom is 0.338 e. The molecule has 31 heavy (non-hydrogen) atoms. The van der Waals surface area contributed by atoms with Crippen LogP contribution >= 0.6 is 0 Å². The number of imidazole rings is 1. The fourth-order valence-corrected chi connectivity index (χ4v) is 4.80. The largest absolute Gasteiger partial charge is 0.456 e. The second-order valence-corrected chi connectivity index (χ2v) is 8.67. The van der Waals surface area contributed by atoms with Crippen LogP contribution in [-0.2, 0) is 21.4 Å². The third-order valence-electron chi connectivity index (χ3n) is 4.75. The highest BCUT2D eigenvalue weighted by molar-refractivity contribution is 7.92. The van der Waals surface area contributed by atoms with Crippen molar-refractivity contribution in [3.05, 3.63) is 96.4 Å². The van der Waals surface area contributed by atoms with Gasteiger partial charge in [-0.1, -0.05) is 30.3 Å². The van der Waals surface area contributed by atoms with Crippen LogP contribution in [0.5, 0.6) is 0 Å². The van der Waals surface area contributed by atoms with Gasteiger partial charge in [0.15, 0.2) is 0 Å². The van der Waals surface area contributed by atoms with E-state index >= 15 is 0 Å². The average Bonchev–Trinajstić information content (AvgIpc) is 3.22. The molecule has 4 rings (SSSR count). The first-order valence-electron chi connectivity index (χ1n) is 9.76. The topological polar surface area (TPSA) is 81.0 Å². The first-order chi connectivity index (χ1) is 15.0. The molecule has 0 bridgehead atoms. The molecule has 8 heteroatoms. The molecule has 0 N–H and O–H groups in total. The molecule has 2 aromatic carbocycles. The molecular formula is C23H21N3O4S. The lowest BCUT2D eigenvalue weighted by molar-refractivity contribution is 0.0468. The van der Waals surface area contributed by atoms with Gasteiger partial charge >= 0.3 is 5.97 Å². The Balaban J connectivity index is 1.53. The van der Waals surface area contributed by atoms with Crippen molar-refractivity contribution in [2.24, 2.45) is 0 Å². The second-order valence-electron chi connectivity index (χ2n) is 6.81. The molecule has 158 valence electrons. The summed E-state index contributed by atoms with van der Waals surface area (Å²) in [6, 6.07) is 20.3. The number of fused-ring (bicyclic) bond motifs is 1. The highest BCUT2D eigenvalue weighted by Gasteiger charge is 2.24. The number of sulfonamides is 1. The normalized spacial score (nSPS) is 11.4. The lowest BCUT2D eigenvalue weighted by Crippen LogP contribution is -2.30. The summed E-state index contributed by atoms with van der Waals surface area (Å²) in [6.07, 6.45) is 3.64. The van der Waals surface area contributed by atoms with Crippen molar-refractivity contribution in [3.8, 4) is 0 Å². The number of carbonyl (C=O) groups excluding carboxylic acids is 1. The minimum Gasteiger partial charge on any atom is -0.456 e. The number of benzene rings is 2. The number of hydrogen-bond donors (Lipinski definition) is 0. The van der Waals surface area contributed by atoms with Gasteiger partial charge in [0.05, 0.1) is 21.8 Å². The van der Waals surface area contributed by atoms with Crippen molar-refractivity contribution in [3.63, 3.8) is 0 Å². The maximum atomic E-state index is 13.2. The zero-order chi connectivity index (χ0) is 21.8. The van der Waals surface area contributed by atoms with Crippen LogP contribution in [-0.4, -0.2) is 30.3 Å². The molecule has 0 saturated carbocycles. The van der Waals surface area contributed by atoms with Gasteiger partial charge in [-0.05, 0) is 49.4 Å². The van der Waals surface area contributed by atoms with Crippen molar-refractivity contribution in [1.29, 1.82) is 0 Å². The van der Waals surface area contributed by atoms with Crippen molar-refractivity contribution in [2.45, 2.75) is 18.4 Å². The van der Waals surface area contributed by atoms with Crippen molar-refractivity contribution in [1.82, 2.24) is 9.38 Å². The van der Waals surface area contributed by atoms with E-state index in [-0.39, 0.29) is 23.6 Å². The van der Waals surface area contributed by atoms with Crippen LogP contribution < -0.4 is 4.31 Å². The van der Waals surface area contributed by atoms with Gasteiger partial charge in [0.25, 0.3) is 10.0 Å². The Morgan fingerprint density at radius 1 is 1.03 bits per heavy atom. The molecule has 2 heterocycles. The Morgan fingerprint density at radius 3 is 2.55 bits per heavy atom. The van der Waals surface area contributed by atoms with Crippen LogP contribution in [0, 0.1) is 0 Å². The SMILES string of the molecule is CCN(c1ccccc1)S(=O)(=O)c1cccc(C(=O)OCc2cn3ccccc3n2)c1. The molecule has 0 aliphatic rings. The molecule has 2 aromatic heterocycles. The number of rotatable bonds is 7. The molecular weight excluding hydrogens is 414 g/mol. The third kappa shape index (κ3) is 4.29. The van der Waals surface area contributed by atoms with E-state index in [0.29, 0.717) is 11.4 Å². The van der Waals surface area contributed by atoms with Crippen molar-refractivity contribution in [2.75, 3.05) is 10.8 Å². The number of aromatic nitrogens is 2. The van der Waals surface area contributed by atoms with Gasteiger partial charge in [-0.3, -0.25) is 4.31 Å². The number of nitrogens with zero attached hydrogens (tertiary/aromatic N) is 3. The molecule has 7 nitrogen and oxygen atoms in total. The number of esters is 1. The Bertz CT molecular complexity index is 1280. The fraction of sp³-hybridized carbons (Fsp3) is 0.130. The van der Waals surface area contributed by atoms with E-state index in [1.54, 1.807) is 37.4 Å². The maximum absolute atomic E-state index is 13.2. The second kappa shape index (κ2) is 8.61. The zero-order valence-corrected chi connectivity index (χ0v) is 17.7. The van der Waals surface area contributed by atoms with Gasteiger partial charge in [0.1, 0.15) is 12.3 Å². The molecule has 0 spiro atoms. The summed E-state index contributed by atoms with van der Waals surface area (Å²) in [5.74, 6) is -0.614. The highest BCUT2D eigenvalue weighted by Crippen LogP contribution is 2.24. The molecule has 0 atom stereocenters. The number of ether oxygens (including phenoxy) is 1. The Labute approximate surface area is 180 Å². The van der Waals surface area contributed by atoms with Gasteiger partial charge in [-0.25, -0.2) is 18.2 Å². The summed E-state index contributed by atoms with van der Waals surface area (Å²) < 4.78 is 34.8. The molecule has 0 aliphatic carbocycles. The quantitative estimate of drug-likeness (QED) is 0.411. The Hall–Kier alpha value is -3.65. The lowest BCUT2D eigenvalue weighted by atomic mass is 10.2. The first kappa shape index (κ1) is 20.6. The van der Waals surface area contributed by atoms with Crippen LogP contribution in [0.1, 0.15) is 23.0 Å². The molecule has 4 aromatic rings. The summed E-state index contributed by atoms with van der Waals surface area (Å²) in [5.41, 5.74) is 2.07. The van der Waals surface area contributed by atoms with Gasteiger partial charge in [0, 0.05) is 18.9 Å². The molecule has 0 aliphatic heterocycles. The van der Waals surface area contributed by atoms with Crippen molar-refractivity contribution >= 4 is 27.3 Å². The predicted octanol–water partition coefficient (Wildman–Crippen LogP) is 3.91. The van der Waals surface area contributed by atoms with Gasteiger partial charge in [-0.15, -0.1) is 0 Å². The summed E-state index contributed by atoms with van der Waals surface area (Å²) in [5, 5.41) is 0. The predicted molar refractivity (Wildman–Crippen MR) is 117 cm³/mol. The summed E-state index contributed by atoms with van der Waals surface area (Å²) in [4.78, 5) is 17.0. The van der Waals surface area contributed by atoms with E-state index in [4.69, 9.17) is 4.74 Å². The summed E-state index contributed by atoms with van der Waals surface area (Å²) in [6.45, 7) is 2.01. The molecule has 0 amide bonds. The lowest BCUT2D eigenvalue weighted by Gasteiger charge is -2.23. The van der Waals surface area contributed by atoms with Crippen LogP contribution in [0.4, 0.5) is 5.69 Å². The van der Waals surface area contributed by atoms with Crippen LogP contribution in [0.25, 0.3) is 5.65 Å². The Kier molecular flexibility index (Phi) is 5.73. The first-order valence-corrected chi connectivity index (χ1v) is 11.2. The molecule has 0 saturated heterocycles. The van der Waals surface area contributed by atoms with Gasteiger partial charge in [0.2, 0.25) is 0 Å². The standard InChI is InChI=1S/C23H21N3O4S/c1-2-26(20-10-4-3-5-11-20)31(28,29)21-12-8-9-18(15-21)23(27)30-17-19-16-25-14-7-6-13-22(25)24-19/h3-16H,2,17H2,1H3. The molecule has 0 unspecified atom stereocenters. The van der Waals surface area contributed by atoms with Gasteiger partial charge in [-0.2, -0.15) is 0 Å². The minimum atomic E-state index is -3.83. The monoisotopic (exact) mass is 435 g/mol. The minimum absolute atomic E-state index is 0.0113. The number of para-hydroxylation sites is 1. The van der Waals surface area contributed by atoms with Gasteiger partial charge < -0.3 is 9.14 Å². The number of carbonyl (C=O) groups is 1. The van der Waals surface area contributed by atoms with E-state index in [1.165, 1.54) is 28.6 Å². The van der Waals surface area contributed by atoms with Crippen LogP contribution in [0.3, 0.4) is 0 Å². The highest BCUT2D eigenvalue weighted by atomic mass is 32.2. The number of hydrogen-bond acceptors (Lipinski definition) is 5. The van der Waals surface area contributed by atoms with E-state index in [9.17, 15) is 13.2 Å². The smallest absolute Gasteiger partial charge is 0.338 e. The number of pyridine rings is 1. The van der Waals surface area contributed by atoms with E-state index in [1.807, 2.05) is 34.9 Å².